The number of carboxylic acids is 1. The van der Waals surface area contributed by atoms with E-state index >= 15 is 0 Å². The molecule has 0 saturated carbocycles. The smallest absolute Gasteiger partial charge is 0.314 e. The van der Waals surface area contributed by atoms with Crippen molar-refractivity contribution in [2.75, 3.05) is 13.1 Å². The van der Waals surface area contributed by atoms with Gasteiger partial charge in [0.05, 0.1) is 5.41 Å². The van der Waals surface area contributed by atoms with E-state index in [0.717, 1.165) is 5.56 Å². The van der Waals surface area contributed by atoms with Crippen molar-refractivity contribution in [3.8, 4) is 11.3 Å². The van der Waals surface area contributed by atoms with Crippen LogP contribution in [0.2, 0.25) is 0 Å². The van der Waals surface area contributed by atoms with Crippen molar-refractivity contribution in [3.05, 3.63) is 77.8 Å². The number of hydrogen-bond donors (Lipinski definition) is 1. The Morgan fingerprint density at radius 1 is 1.03 bits per heavy atom. The summed E-state index contributed by atoms with van der Waals surface area (Å²) in [6.07, 6.45) is 0.633. The van der Waals surface area contributed by atoms with Crippen LogP contribution in [-0.2, 0) is 10.2 Å². The SMILES string of the molecule is O=C(c1cc(-c2ccc(F)cc2)no1)N1CCC(C(=O)O)(c2ccccc2)CC1. The van der Waals surface area contributed by atoms with Gasteiger partial charge >= 0.3 is 5.97 Å². The number of benzene rings is 2. The Bertz CT molecular complexity index is 1020. The first-order valence-electron chi connectivity index (χ1n) is 9.30. The molecule has 2 aromatic carbocycles. The molecule has 0 spiro atoms. The number of hydrogen-bond acceptors (Lipinski definition) is 4. The first kappa shape index (κ1) is 18.9. The Morgan fingerprint density at radius 2 is 1.69 bits per heavy atom. The van der Waals surface area contributed by atoms with Crippen LogP contribution < -0.4 is 0 Å². The maximum Gasteiger partial charge on any atom is 0.314 e. The molecule has 0 atom stereocenters. The van der Waals surface area contributed by atoms with E-state index in [0.29, 0.717) is 37.2 Å². The van der Waals surface area contributed by atoms with E-state index in [2.05, 4.69) is 5.16 Å². The topological polar surface area (TPSA) is 83.6 Å². The summed E-state index contributed by atoms with van der Waals surface area (Å²) in [6.45, 7) is 0.596. The number of likely N-dealkylation sites (tertiary alicyclic amines) is 1. The highest BCUT2D eigenvalue weighted by Crippen LogP contribution is 2.36. The normalized spacial score (nSPS) is 15.8. The molecule has 0 unspecified atom stereocenters. The predicted molar refractivity (Wildman–Crippen MR) is 103 cm³/mol. The van der Waals surface area contributed by atoms with Gasteiger partial charge in [-0.1, -0.05) is 35.5 Å². The quantitative estimate of drug-likeness (QED) is 0.729. The molecular formula is C22H19FN2O4. The van der Waals surface area contributed by atoms with Gasteiger partial charge in [-0.25, -0.2) is 4.39 Å². The number of nitrogens with zero attached hydrogens (tertiary/aromatic N) is 2. The minimum Gasteiger partial charge on any atom is -0.481 e. The maximum atomic E-state index is 13.1. The third-order valence-corrected chi connectivity index (χ3v) is 5.50. The zero-order valence-electron chi connectivity index (χ0n) is 15.5. The highest BCUT2D eigenvalue weighted by molar-refractivity contribution is 5.93. The lowest BCUT2D eigenvalue weighted by molar-refractivity contribution is -0.145. The molecule has 0 radical (unpaired) electrons. The number of aliphatic carboxylic acids is 1. The monoisotopic (exact) mass is 394 g/mol. The van der Waals surface area contributed by atoms with Gasteiger partial charge in [0.25, 0.3) is 5.91 Å². The average Bonchev–Trinajstić information content (AvgIpc) is 3.24. The van der Waals surface area contributed by atoms with E-state index < -0.39 is 11.4 Å². The van der Waals surface area contributed by atoms with Gasteiger partial charge in [-0.3, -0.25) is 9.59 Å². The number of carbonyl (C=O) groups is 2. The summed E-state index contributed by atoms with van der Waals surface area (Å²) in [5.41, 5.74) is 0.827. The van der Waals surface area contributed by atoms with E-state index in [-0.39, 0.29) is 17.5 Å². The molecule has 6 nitrogen and oxygen atoms in total. The number of halogens is 1. The standard InChI is InChI=1S/C22H19FN2O4/c23-17-8-6-15(7-9-17)18-14-19(29-24-18)20(26)25-12-10-22(11-13-25,21(27)28)16-4-2-1-3-5-16/h1-9,14H,10-13H2,(H,27,28). The van der Waals surface area contributed by atoms with Gasteiger partial charge in [0, 0.05) is 24.7 Å². The number of piperidine rings is 1. The molecule has 3 aromatic rings. The zero-order chi connectivity index (χ0) is 20.4. The Labute approximate surface area is 166 Å². The van der Waals surface area contributed by atoms with Crippen LogP contribution in [0.3, 0.4) is 0 Å². The number of aromatic nitrogens is 1. The van der Waals surface area contributed by atoms with Crippen molar-refractivity contribution in [1.29, 1.82) is 0 Å². The van der Waals surface area contributed by atoms with Gasteiger partial charge in [0.2, 0.25) is 5.76 Å². The second-order valence-electron chi connectivity index (χ2n) is 7.13. The molecule has 4 rings (SSSR count). The molecule has 1 aliphatic heterocycles. The lowest BCUT2D eigenvalue weighted by Gasteiger charge is -2.38. The van der Waals surface area contributed by atoms with Crippen molar-refractivity contribution < 1.29 is 23.6 Å². The van der Waals surface area contributed by atoms with Gasteiger partial charge in [-0.15, -0.1) is 0 Å². The summed E-state index contributed by atoms with van der Waals surface area (Å²) in [5.74, 6) is -1.50. The molecule has 1 saturated heterocycles. The van der Waals surface area contributed by atoms with Crippen LogP contribution in [0.5, 0.6) is 0 Å². The van der Waals surface area contributed by atoms with Gasteiger partial charge in [0.15, 0.2) is 0 Å². The Balaban J connectivity index is 1.49. The minimum atomic E-state index is -1.00. The molecule has 7 heteroatoms. The van der Waals surface area contributed by atoms with E-state index in [1.165, 1.54) is 18.2 Å². The molecule has 1 aliphatic rings. The predicted octanol–water partition coefficient (Wildman–Crippen LogP) is 3.74. The summed E-state index contributed by atoms with van der Waals surface area (Å²) >= 11 is 0. The Hall–Kier alpha value is -3.48. The van der Waals surface area contributed by atoms with Crippen LogP contribution in [0, 0.1) is 5.82 Å². The van der Waals surface area contributed by atoms with Crippen LogP contribution in [0.4, 0.5) is 4.39 Å². The summed E-state index contributed by atoms with van der Waals surface area (Å²) in [7, 11) is 0. The van der Waals surface area contributed by atoms with Crippen molar-refractivity contribution in [2.45, 2.75) is 18.3 Å². The maximum absolute atomic E-state index is 13.1. The molecular weight excluding hydrogens is 375 g/mol. The summed E-state index contributed by atoms with van der Waals surface area (Å²) in [6, 6.07) is 16.4. The summed E-state index contributed by atoms with van der Waals surface area (Å²) < 4.78 is 18.3. The largest absolute Gasteiger partial charge is 0.481 e. The minimum absolute atomic E-state index is 0.0758. The van der Waals surface area contributed by atoms with Crippen molar-refractivity contribution in [1.82, 2.24) is 10.1 Å². The Morgan fingerprint density at radius 3 is 2.31 bits per heavy atom. The van der Waals surface area contributed by atoms with Gasteiger partial charge in [-0.2, -0.15) is 0 Å². The third kappa shape index (κ3) is 3.51. The fourth-order valence-electron chi connectivity index (χ4n) is 3.76. The van der Waals surface area contributed by atoms with Gasteiger partial charge in [-0.05, 0) is 42.7 Å². The molecule has 0 aliphatic carbocycles. The number of carboxylic acid groups (broad SMARTS) is 1. The van der Waals surface area contributed by atoms with E-state index in [9.17, 15) is 19.1 Å². The number of carbonyl (C=O) groups excluding carboxylic acids is 1. The lowest BCUT2D eigenvalue weighted by Crippen LogP contribution is -2.49. The number of amides is 1. The highest BCUT2D eigenvalue weighted by Gasteiger charge is 2.44. The molecule has 29 heavy (non-hydrogen) atoms. The van der Waals surface area contributed by atoms with E-state index in [1.54, 1.807) is 17.0 Å². The van der Waals surface area contributed by atoms with Gasteiger partial charge < -0.3 is 14.5 Å². The average molecular weight is 394 g/mol. The second-order valence-corrected chi connectivity index (χ2v) is 7.13. The molecule has 1 fully saturated rings. The third-order valence-electron chi connectivity index (χ3n) is 5.50. The van der Waals surface area contributed by atoms with Crippen molar-refractivity contribution in [3.63, 3.8) is 0 Å². The van der Waals surface area contributed by atoms with Crippen LogP contribution in [0.1, 0.15) is 29.0 Å². The van der Waals surface area contributed by atoms with E-state index in [1.807, 2.05) is 30.3 Å². The first-order valence-corrected chi connectivity index (χ1v) is 9.30. The molecule has 0 bridgehead atoms. The lowest BCUT2D eigenvalue weighted by atomic mass is 9.73. The second kappa shape index (κ2) is 7.50. The van der Waals surface area contributed by atoms with Gasteiger partial charge in [0.1, 0.15) is 11.5 Å². The first-order chi connectivity index (χ1) is 14.0. The number of rotatable bonds is 4. The molecule has 1 aromatic heterocycles. The van der Waals surface area contributed by atoms with Crippen LogP contribution >= 0.6 is 0 Å². The highest BCUT2D eigenvalue weighted by atomic mass is 19.1. The van der Waals surface area contributed by atoms with Crippen molar-refractivity contribution in [2.24, 2.45) is 0 Å². The fourth-order valence-corrected chi connectivity index (χ4v) is 3.76. The molecule has 148 valence electrons. The zero-order valence-corrected chi connectivity index (χ0v) is 15.5. The molecule has 2 heterocycles. The van der Waals surface area contributed by atoms with Crippen LogP contribution in [0.25, 0.3) is 11.3 Å². The molecule has 1 N–H and O–H groups in total. The van der Waals surface area contributed by atoms with E-state index in [4.69, 9.17) is 4.52 Å². The fraction of sp³-hybridized carbons (Fsp3) is 0.227. The summed E-state index contributed by atoms with van der Waals surface area (Å²) in [4.78, 5) is 26.4. The van der Waals surface area contributed by atoms with Crippen LogP contribution in [-0.4, -0.2) is 40.1 Å². The summed E-state index contributed by atoms with van der Waals surface area (Å²) in [5, 5.41) is 13.8. The van der Waals surface area contributed by atoms with Crippen LogP contribution in [0.15, 0.2) is 65.2 Å². The molecule has 1 amide bonds. The van der Waals surface area contributed by atoms with Crippen molar-refractivity contribution >= 4 is 11.9 Å². The Kier molecular flexibility index (Phi) is 4.88.